The van der Waals surface area contributed by atoms with Gasteiger partial charge in [0.15, 0.2) is 0 Å². The summed E-state index contributed by atoms with van der Waals surface area (Å²) in [5.74, 6) is 0. The Hall–Kier alpha value is -1.32. The zero-order valence-corrected chi connectivity index (χ0v) is 7.89. The van der Waals surface area contributed by atoms with Crippen LogP contribution < -0.4 is 0 Å². The highest BCUT2D eigenvalue weighted by atomic mass is 19.4. The topological polar surface area (TPSA) is 12.4 Å². The van der Waals surface area contributed by atoms with E-state index >= 15 is 0 Å². The maximum absolute atomic E-state index is 11.9. The Labute approximate surface area is 80.3 Å². The van der Waals surface area contributed by atoms with Crippen molar-refractivity contribution >= 4 is 11.9 Å². The molecule has 14 heavy (non-hydrogen) atoms. The maximum Gasteiger partial charge on any atom is 0.426 e. The lowest BCUT2D eigenvalue weighted by atomic mass is 10.1. The predicted molar refractivity (Wildman–Crippen MR) is 50.1 cm³/mol. The van der Waals surface area contributed by atoms with Gasteiger partial charge in [-0.15, -0.1) is 0 Å². The van der Waals surface area contributed by atoms with E-state index in [0.29, 0.717) is 5.69 Å². The smallest absolute Gasteiger partial charge is 0.251 e. The molecule has 0 aromatic heterocycles. The summed E-state index contributed by atoms with van der Waals surface area (Å²) in [5.41, 5.74) is 1.88. The summed E-state index contributed by atoms with van der Waals surface area (Å²) in [6.07, 6.45) is -4.34. The van der Waals surface area contributed by atoms with E-state index in [4.69, 9.17) is 0 Å². The highest BCUT2D eigenvalue weighted by Gasteiger charge is 2.23. The van der Waals surface area contributed by atoms with E-state index in [9.17, 15) is 13.2 Å². The van der Waals surface area contributed by atoms with E-state index in [1.807, 2.05) is 0 Å². The minimum atomic E-state index is -4.35. The first kappa shape index (κ1) is 10.8. The Morgan fingerprint density at radius 2 is 1.64 bits per heavy atom. The maximum atomic E-state index is 11.9. The molecule has 0 N–H and O–H groups in total. The fraction of sp³-hybridized carbons (Fsp3) is 0.300. The van der Waals surface area contributed by atoms with Crippen molar-refractivity contribution < 1.29 is 13.2 Å². The normalized spacial score (nSPS) is 12.4. The van der Waals surface area contributed by atoms with Crippen molar-refractivity contribution in [3.8, 4) is 0 Å². The molecule has 0 amide bonds. The molecule has 0 spiro atoms. The number of benzene rings is 1. The summed E-state index contributed by atoms with van der Waals surface area (Å²) in [4.78, 5) is 3.43. The largest absolute Gasteiger partial charge is 0.426 e. The van der Waals surface area contributed by atoms with E-state index in [0.717, 1.165) is 11.1 Å². The first-order chi connectivity index (χ1) is 6.40. The third-order valence-corrected chi connectivity index (χ3v) is 1.78. The van der Waals surface area contributed by atoms with Gasteiger partial charge in [0.05, 0.1) is 5.69 Å². The van der Waals surface area contributed by atoms with Gasteiger partial charge in [0.1, 0.15) is 6.21 Å². The van der Waals surface area contributed by atoms with Gasteiger partial charge in [-0.1, -0.05) is 18.2 Å². The number of hydrogen-bond donors (Lipinski definition) is 0. The Bertz CT molecular complexity index is 333. The molecule has 0 aliphatic rings. The molecule has 0 atom stereocenters. The predicted octanol–water partition coefficient (Wildman–Crippen LogP) is 3.57. The van der Waals surface area contributed by atoms with Gasteiger partial charge >= 0.3 is 6.18 Å². The molecule has 0 saturated heterocycles. The Morgan fingerprint density at radius 3 is 2.07 bits per heavy atom. The van der Waals surface area contributed by atoms with Crippen LogP contribution in [0.15, 0.2) is 23.2 Å². The summed E-state index contributed by atoms with van der Waals surface area (Å²) < 4.78 is 35.6. The standard InChI is InChI=1S/C10H10F3N/c1-7-4-3-5-8(2)9(7)14-6-10(11,12)13/h3-6H,1-2H3. The van der Waals surface area contributed by atoms with E-state index in [2.05, 4.69) is 4.99 Å². The fourth-order valence-corrected chi connectivity index (χ4v) is 1.15. The average Bonchev–Trinajstić information content (AvgIpc) is 2.01. The van der Waals surface area contributed by atoms with Crippen LogP contribution in [0.5, 0.6) is 0 Å². The zero-order valence-electron chi connectivity index (χ0n) is 7.89. The van der Waals surface area contributed by atoms with Crippen molar-refractivity contribution in [2.45, 2.75) is 20.0 Å². The molecule has 1 aromatic carbocycles. The van der Waals surface area contributed by atoms with Crippen LogP contribution in [0.1, 0.15) is 11.1 Å². The second-order valence-electron chi connectivity index (χ2n) is 3.04. The van der Waals surface area contributed by atoms with Crippen LogP contribution in [0, 0.1) is 13.8 Å². The number of aliphatic imine (C=N–C) groups is 1. The SMILES string of the molecule is Cc1cccc(C)c1N=CC(F)(F)F. The molecule has 1 aromatic rings. The van der Waals surface area contributed by atoms with Crippen molar-refractivity contribution in [3.05, 3.63) is 29.3 Å². The van der Waals surface area contributed by atoms with Crippen LogP contribution in [-0.2, 0) is 0 Å². The molecule has 0 aliphatic carbocycles. The highest BCUT2D eigenvalue weighted by Crippen LogP contribution is 2.24. The van der Waals surface area contributed by atoms with Gasteiger partial charge in [-0.05, 0) is 25.0 Å². The minimum Gasteiger partial charge on any atom is -0.251 e. The Balaban J connectivity index is 3.03. The quantitative estimate of drug-likeness (QED) is 0.616. The zero-order chi connectivity index (χ0) is 10.8. The summed E-state index contributed by atoms with van der Waals surface area (Å²) >= 11 is 0. The van der Waals surface area contributed by atoms with Gasteiger partial charge < -0.3 is 0 Å². The van der Waals surface area contributed by atoms with Gasteiger partial charge in [0.25, 0.3) is 0 Å². The Kier molecular flexibility index (Phi) is 2.93. The van der Waals surface area contributed by atoms with E-state index in [1.54, 1.807) is 32.0 Å². The fourth-order valence-electron chi connectivity index (χ4n) is 1.15. The number of halogens is 3. The summed E-state index contributed by atoms with van der Waals surface area (Å²) in [7, 11) is 0. The van der Waals surface area contributed by atoms with E-state index < -0.39 is 6.18 Å². The number of nitrogens with zero attached hydrogens (tertiary/aromatic N) is 1. The molecule has 1 nitrogen and oxygen atoms in total. The third kappa shape index (κ3) is 2.87. The molecular weight excluding hydrogens is 191 g/mol. The molecule has 0 radical (unpaired) electrons. The van der Waals surface area contributed by atoms with Gasteiger partial charge in [-0.2, -0.15) is 13.2 Å². The van der Waals surface area contributed by atoms with E-state index in [1.165, 1.54) is 0 Å². The van der Waals surface area contributed by atoms with Crippen molar-refractivity contribution in [2.75, 3.05) is 0 Å². The monoisotopic (exact) mass is 201 g/mol. The summed E-state index contributed by atoms with van der Waals surface area (Å²) in [6, 6.07) is 5.25. The lowest BCUT2D eigenvalue weighted by Crippen LogP contribution is -2.08. The van der Waals surface area contributed by atoms with Crippen molar-refractivity contribution in [2.24, 2.45) is 4.99 Å². The third-order valence-electron chi connectivity index (χ3n) is 1.78. The average molecular weight is 201 g/mol. The number of alkyl halides is 3. The van der Waals surface area contributed by atoms with Crippen molar-refractivity contribution in [3.63, 3.8) is 0 Å². The summed E-state index contributed by atoms with van der Waals surface area (Å²) in [6.45, 7) is 3.46. The van der Waals surface area contributed by atoms with E-state index in [-0.39, 0.29) is 6.21 Å². The number of para-hydroxylation sites is 1. The minimum absolute atomic E-state index is 0.0162. The van der Waals surface area contributed by atoms with Crippen molar-refractivity contribution in [1.82, 2.24) is 0 Å². The number of hydrogen-bond acceptors (Lipinski definition) is 1. The second-order valence-corrected chi connectivity index (χ2v) is 3.04. The molecule has 0 aliphatic heterocycles. The molecule has 76 valence electrons. The van der Waals surface area contributed by atoms with Gasteiger partial charge in [0, 0.05) is 0 Å². The number of aryl methyl sites for hydroxylation is 2. The molecule has 4 heteroatoms. The second kappa shape index (κ2) is 3.82. The lowest BCUT2D eigenvalue weighted by molar-refractivity contribution is -0.0535. The summed E-state index contributed by atoms with van der Waals surface area (Å²) in [5, 5.41) is 0. The van der Waals surface area contributed by atoms with Crippen LogP contribution in [0.25, 0.3) is 0 Å². The molecular formula is C10H10F3N. The molecule has 0 saturated carbocycles. The lowest BCUT2D eigenvalue weighted by Gasteiger charge is -2.04. The molecule has 1 rings (SSSR count). The van der Waals surface area contributed by atoms with Crippen LogP contribution in [-0.4, -0.2) is 12.4 Å². The number of rotatable bonds is 1. The van der Waals surface area contributed by atoms with Crippen LogP contribution in [0.3, 0.4) is 0 Å². The van der Waals surface area contributed by atoms with Crippen LogP contribution >= 0.6 is 0 Å². The van der Waals surface area contributed by atoms with Crippen molar-refractivity contribution in [1.29, 1.82) is 0 Å². The first-order valence-corrected chi connectivity index (χ1v) is 4.08. The molecule has 0 heterocycles. The molecule has 0 fully saturated rings. The van der Waals surface area contributed by atoms with Gasteiger partial charge in [0.2, 0.25) is 0 Å². The molecule has 0 bridgehead atoms. The first-order valence-electron chi connectivity index (χ1n) is 4.08. The Morgan fingerprint density at radius 1 is 1.14 bits per heavy atom. The van der Waals surface area contributed by atoms with Gasteiger partial charge in [-0.3, -0.25) is 4.99 Å². The van der Waals surface area contributed by atoms with Crippen LogP contribution in [0.2, 0.25) is 0 Å². The highest BCUT2D eigenvalue weighted by molar-refractivity contribution is 5.70. The van der Waals surface area contributed by atoms with Crippen LogP contribution in [0.4, 0.5) is 18.9 Å². The van der Waals surface area contributed by atoms with Gasteiger partial charge in [-0.25, -0.2) is 0 Å². The molecule has 0 unspecified atom stereocenters.